The summed E-state index contributed by atoms with van der Waals surface area (Å²) in [5.41, 5.74) is 1.24. The van der Waals surface area contributed by atoms with Gasteiger partial charge < -0.3 is 9.88 Å². The van der Waals surface area contributed by atoms with Crippen LogP contribution in [0.2, 0.25) is 0 Å². The first-order valence-electron chi connectivity index (χ1n) is 5.90. The van der Waals surface area contributed by atoms with Crippen molar-refractivity contribution < 1.29 is 0 Å². The summed E-state index contributed by atoms with van der Waals surface area (Å²) in [6.45, 7) is 6.97. The number of hydrogen-bond donors (Lipinski definition) is 1. The van der Waals surface area contributed by atoms with Crippen LogP contribution in [0, 0.1) is 6.92 Å². The minimum absolute atomic E-state index is 0.829. The maximum Gasteiger partial charge on any atom is 0.107 e. The second kappa shape index (κ2) is 5.93. The van der Waals surface area contributed by atoms with Gasteiger partial charge in [-0.1, -0.05) is 6.92 Å². The van der Waals surface area contributed by atoms with Crippen LogP contribution in [0.3, 0.4) is 0 Å². The van der Waals surface area contributed by atoms with E-state index in [9.17, 15) is 0 Å². The minimum Gasteiger partial charge on any atom is -0.333 e. The maximum absolute atomic E-state index is 4.33. The Hall–Kier alpha value is -1.20. The zero-order valence-electron chi connectivity index (χ0n) is 10.3. The van der Waals surface area contributed by atoms with Crippen LogP contribution in [0.25, 0.3) is 0 Å². The molecule has 2 aromatic heterocycles. The van der Waals surface area contributed by atoms with Crippen molar-refractivity contribution in [3.63, 3.8) is 0 Å². The zero-order valence-corrected chi connectivity index (χ0v) is 11.1. The number of aromatic nitrogens is 3. The van der Waals surface area contributed by atoms with Gasteiger partial charge >= 0.3 is 0 Å². The van der Waals surface area contributed by atoms with E-state index >= 15 is 0 Å². The first kappa shape index (κ1) is 12.3. The van der Waals surface area contributed by atoms with Crippen molar-refractivity contribution in [1.82, 2.24) is 19.9 Å². The van der Waals surface area contributed by atoms with Gasteiger partial charge in [-0.3, -0.25) is 0 Å². The summed E-state index contributed by atoms with van der Waals surface area (Å²) in [6.07, 6.45) is 6.88. The smallest absolute Gasteiger partial charge is 0.107 e. The van der Waals surface area contributed by atoms with Gasteiger partial charge in [0.1, 0.15) is 5.01 Å². The summed E-state index contributed by atoms with van der Waals surface area (Å²) >= 11 is 1.74. The highest BCUT2D eigenvalue weighted by atomic mass is 32.1. The van der Waals surface area contributed by atoms with Gasteiger partial charge in [0.05, 0.1) is 12.0 Å². The van der Waals surface area contributed by atoms with Crippen LogP contribution in [-0.2, 0) is 19.6 Å². The lowest BCUT2D eigenvalue weighted by Crippen LogP contribution is -2.15. The van der Waals surface area contributed by atoms with Crippen LogP contribution in [0.15, 0.2) is 18.7 Å². The Morgan fingerprint density at radius 3 is 2.94 bits per heavy atom. The first-order chi connectivity index (χ1) is 8.29. The summed E-state index contributed by atoms with van der Waals surface area (Å²) in [6, 6.07) is 0. The van der Waals surface area contributed by atoms with Crippen LogP contribution < -0.4 is 5.32 Å². The number of thiazole rings is 1. The Kier molecular flexibility index (Phi) is 4.28. The normalized spacial score (nSPS) is 10.9. The molecule has 2 heterocycles. The van der Waals surface area contributed by atoms with Crippen molar-refractivity contribution >= 4 is 11.3 Å². The van der Waals surface area contributed by atoms with Crippen LogP contribution >= 0.6 is 11.3 Å². The van der Waals surface area contributed by atoms with E-state index in [1.54, 1.807) is 11.3 Å². The van der Waals surface area contributed by atoms with Gasteiger partial charge in [-0.2, -0.15) is 0 Å². The van der Waals surface area contributed by atoms with Crippen molar-refractivity contribution in [2.24, 2.45) is 0 Å². The molecule has 0 unspecified atom stereocenters. The lowest BCUT2D eigenvalue weighted by Gasteiger charge is -2.06. The highest BCUT2D eigenvalue weighted by molar-refractivity contribution is 7.11. The molecule has 0 aliphatic carbocycles. The molecule has 0 aliphatic heterocycles. The van der Waals surface area contributed by atoms with Gasteiger partial charge in [-0.25, -0.2) is 9.97 Å². The predicted octanol–water partition coefficient (Wildman–Crippen LogP) is 2.35. The third kappa shape index (κ3) is 3.38. The lowest BCUT2D eigenvalue weighted by molar-refractivity contribution is 0.600. The van der Waals surface area contributed by atoms with E-state index in [1.165, 1.54) is 10.6 Å². The Morgan fingerprint density at radius 1 is 1.35 bits per heavy atom. The fourth-order valence-electron chi connectivity index (χ4n) is 1.72. The summed E-state index contributed by atoms with van der Waals surface area (Å²) in [7, 11) is 0. The molecule has 0 bridgehead atoms. The minimum atomic E-state index is 0.829. The molecular weight excluding hydrogens is 232 g/mol. The van der Waals surface area contributed by atoms with Crippen molar-refractivity contribution in [3.8, 4) is 0 Å². The fraction of sp³-hybridized carbons (Fsp3) is 0.500. The molecule has 0 saturated heterocycles. The van der Waals surface area contributed by atoms with E-state index in [0.29, 0.717) is 0 Å². The Balaban J connectivity index is 1.83. The number of nitrogens with zero attached hydrogens (tertiary/aromatic N) is 3. The van der Waals surface area contributed by atoms with E-state index in [0.717, 1.165) is 31.1 Å². The van der Waals surface area contributed by atoms with Gasteiger partial charge in [0.25, 0.3) is 0 Å². The average molecular weight is 250 g/mol. The molecule has 92 valence electrons. The molecule has 2 aromatic rings. The van der Waals surface area contributed by atoms with Crippen molar-refractivity contribution in [3.05, 3.63) is 34.3 Å². The molecule has 0 atom stereocenters. The predicted molar refractivity (Wildman–Crippen MR) is 69.9 cm³/mol. The Morgan fingerprint density at radius 2 is 2.24 bits per heavy atom. The number of aryl methyl sites for hydroxylation is 2. The average Bonchev–Trinajstić information content (AvgIpc) is 2.90. The largest absolute Gasteiger partial charge is 0.333 e. The number of imidazole rings is 1. The highest BCUT2D eigenvalue weighted by Crippen LogP contribution is 2.10. The van der Waals surface area contributed by atoms with Crippen molar-refractivity contribution in [2.75, 3.05) is 0 Å². The van der Waals surface area contributed by atoms with Gasteiger partial charge in [0, 0.05) is 36.9 Å². The second-order valence-electron chi connectivity index (χ2n) is 4.05. The molecule has 0 saturated carbocycles. The third-order valence-corrected chi connectivity index (χ3v) is 3.43. The molecule has 0 aromatic carbocycles. The van der Waals surface area contributed by atoms with Gasteiger partial charge in [-0.05, 0) is 13.3 Å². The van der Waals surface area contributed by atoms with Crippen LogP contribution in [0.5, 0.6) is 0 Å². The van der Waals surface area contributed by atoms with Crippen LogP contribution in [-0.4, -0.2) is 14.5 Å². The standard InChI is InChI=1S/C12H18N4S/c1-3-4-16-9-14-7-11(16)6-13-8-12-15-5-10(2)17-12/h5,7,9,13H,3-4,6,8H2,1-2H3. The fourth-order valence-corrected chi connectivity index (χ4v) is 2.47. The molecule has 1 N–H and O–H groups in total. The molecule has 17 heavy (non-hydrogen) atoms. The summed E-state index contributed by atoms with van der Waals surface area (Å²) in [5, 5.41) is 4.55. The molecule has 2 rings (SSSR count). The SMILES string of the molecule is CCCn1cncc1CNCc1ncc(C)s1. The van der Waals surface area contributed by atoms with Crippen LogP contribution in [0.1, 0.15) is 28.9 Å². The molecular formula is C12H18N4S. The van der Waals surface area contributed by atoms with Crippen molar-refractivity contribution in [2.45, 2.75) is 39.9 Å². The van der Waals surface area contributed by atoms with E-state index in [-0.39, 0.29) is 0 Å². The zero-order chi connectivity index (χ0) is 12.1. The lowest BCUT2D eigenvalue weighted by atomic mass is 10.4. The summed E-state index contributed by atoms with van der Waals surface area (Å²) in [4.78, 5) is 9.77. The maximum atomic E-state index is 4.33. The van der Waals surface area contributed by atoms with E-state index in [4.69, 9.17) is 0 Å². The number of nitrogens with one attached hydrogen (secondary N) is 1. The van der Waals surface area contributed by atoms with Gasteiger partial charge in [-0.15, -0.1) is 11.3 Å². The Labute approximate surface area is 106 Å². The summed E-state index contributed by atoms with van der Waals surface area (Å²) in [5.74, 6) is 0. The molecule has 0 spiro atoms. The molecule has 0 amide bonds. The van der Waals surface area contributed by atoms with E-state index < -0.39 is 0 Å². The van der Waals surface area contributed by atoms with Crippen LogP contribution in [0.4, 0.5) is 0 Å². The molecule has 0 radical (unpaired) electrons. The summed E-state index contributed by atoms with van der Waals surface area (Å²) < 4.78 is 2.19. The van der Waals surface area contributed by atoms with Gasteiger partial charge in [0.2, 0.25) is 0 Å². The van der Waals surface area contributed by atoms with E-state index in [1.807, 2.05) is 18.7 Å². The molecule has 0 aliphatic rings. The molecule has 0 fully saturated rings. The van der Waals surface area contributed by atoms with Gasteiger partial charge in [0.15, 0.2) is 0 Å². The highest BCUT2D eigenvalue weighted by Gasteiger charge is 2.02. The topological polar surface area (TPSA) is 42.7 Å². The van der Waals surface area contributed by atoms with E-state index in [2.05, 4.69) is 33.7 Å². The Bertz CT molecular complexity index is 461. The monoisotopic (exact) mass is 250 g/mol. The molecule has 5 heteroatoms. The third-order valence-electron chi connectivity index (χ3n) is 2.51. The quantitative estimate of drug-likeness (QED) is 0.855. The van der Waals surface area contributed by atoms with Crippen molar-refractivity contribution in [1.29, 1.82) is 0 Å². The number of rotatable bonds is 6. The number of hydrogen-bond acceptors (Lipinski definition) is 4. The second-order valence-corrected chi connectivity index (χ2v) is 5.37. The molecule has 4 nitrogen and oxygen atoms in total. The first-order valence-corrected chi connectivity index (χ1v) is 6.72.